The fraction of sp³-hybridized carbons (Fsp3) is 0.600. The van der Waals surface area contributed by atoms with Crippen LogP contribution in [0.2, 0.25) is 0 Å². The molecule has 2 rings (SSSR count). The van der Waals surface area contributed by atoms with Crippen LogP contribution in [0.5, 0.6) is 5.75 Å². The molecule has 1 aromatic carbocycles. The highest BCUT2D eigenvalue weighted by Gasteiger charge is 2.15. The van der Waals surface area contributed by atoms with E-state index >= 15 is 0 Å². The number of nitrogens with two attached hydrogens (primary N) is 1. The smallest absolute Gasteiger partial charge is 0.131 e. The van der Waals surface area contributed by atoms with Crippen LogP contribution in [-0.2, 0) is 0 Å². The van der Waals surface area contributed by atoms with Gasteiger partial charge in [-0.2, -0.15) is 0 Å². The van der Waals surface area contributed by atoms with Gasteiger partial charge in [0, 0.05) is 17.7 Å². The lowest BCUT2D eigenvalue weighted by Gasteiger charge is -2.18. The Hall–Kier alpha value is -1.09. The zero-order valence-electron chi connectivity index (χ0n) is 11.0. The maximum Gasteiger partial charge on any atom is 0.131 e. The summed E-state index contributed by atoms with van der Waals surface area (Å²) in [6.07, 6.45) is 7.41. The first kappa shape index (κ1) is 13.3. The number of hydrogen-bond acceptors (Lipinski definition) is 2. The van der Waals surface area contributed by atoms with Gasteiger partial charge in [-0.05, 0) is 38.7 Å². The van der Waals surface area contributed by atoms with E-state index < -0.39 is 0 Å². The molecule has 1 saturated carbocycles. The van der Waals surface area contributed by atoms with E-state index in [1.165, 1.54) is 31.7 Å². The Balaban J connectivity index is 2.02. The van der Waals surface area contributed by atoms with Crippen molar-refractivity contribution >= 4 is 0 Å². The summed E-state index contributed by atoms with van der Waals surface area (Å²) < 4.78 is 19.6. The summed E-state index contributed by atoms with van der Waals surface area (Å²) in [6.45, 7) is 1.78. The van der Waals surface area contributed by atoms with Crippen LogP contribution in [0.3, 0.4) is 0 Å². The molecule has 0 radical (unpaired) electrons. The SMILES string of the molecule is C[C@@H](N)c1ccc(OC2CCCCCC2)cc1F. The number of benzene rings is 1. The molecule has 0 saturated heterocycles. The van der Waals surface area contributed by atoms with Crippen molar-refractivity contribution in [2.24, 2.45) is 5.73 Å². The highest BCUT2D eigenvalue weighted by Crippen LogP contribution is 2.25. The van der Waals surface area contributed by atoms with E-state index in [-0.39, 0.29) is 18.0 Å². The fourth-order valence-corrected chi connectivity index (χ4v) is 2.50. The molecule has 0 bridgehead atoms. The topological polar surface area (TPSA) is 35.2 Å². The van der Waals surface area contributed by atoms with Gasteiger partial charge in [0.25, 0.3) is 0 Å². The van der Waals surface area contributed by atoms with Crippen molar-refractivity contribution in [2.45, 2.75) is 57.6 Å². The Morgan fingerprint density at radius 3 is 2.44 bits per heavy atom. The van der Waals surface area contributed by atoms with Crippen LogP contribution in [0.4, 0.5) is 4.39 Å². The van der Waals surface area contributed by atoms with Crippen molar-refractivity contribution in [1.29, 1.82) is 0 Å². The van der Waals surface area contributed by atoms with Gasteiger partial charge in [-0.25, -0.2) is 4.39 Å². The number of halogens is 1. The van der Waals surface area contributed by atoms with Crippen molar-refractivity contribution < 1.29 is 9.13 Å². The van der Waals surface area contributed by atoms with E-state index in [0.717, 1.165) is 12.8 Å². The second-order valence-electron chi connectivity index (χ2n) is 5.20. The molecular formula is C15H22FNO. The molecule has 18 heavy (non-hydrogen) atoms. The highest BCUT2D eigenvalue weighted by atomic mass is 19.1. The van der Waals surface area contributed by atoms with Gasteiger partial charge in [-0.3, -0.25) is 0 Å². The first-order valence-electron chi connectivity index (χ1n) is 6.88. The van der Waals surface area contributed by atoms with Crippen LogP contribution < -0.4 is 10.5 Å². The van der Waals surface area contributed by atoms with Gasteiger partial charge in [0.15, 0.2) is 0 Å². The Labute approximate surface area is 108 Å². The summed E-state index contributed by atoms with van der Waals surface area (Å²) in [4.78, 5) is 0. The third-order valence-electron chi connectivity index (χ3n) is 3.57. The molecule has 3 heteroatoms. The Morgan fingerprint density at radius 2 is 1.89 bits per heavy atom. The lowest BCUT2D eigenvalue weighted by atomic mass is 10.1. The molecule has 0 heterocycles. The predicted octanol–water partition coefficient (Wildman–Crippen LogP) is 3.95. The van der Waals surface area contributed by atoms with Gasteiger partial charge in [-0.15, -0.1) is 0 Å². The molecule has 1 atom stereocenters. The second-order valence-corrected chi connectivity index (χ2v) is 5.20. The average molecular weight is 251 g/mol. The van der Waals surface area contributed by atoms with Crippen molar-refractivity contribution in [2.75, 3.05) is 0 Å². The van der Waals surface area contributed by atoms with Gasteiger partial charge >= 0.3 is 0 Å². The Bertz CT molecular complexity index is 384. The molecule has 0 aromatic heterocycles. The van der Waals surface area contributed by atoms with E-state index in [2.05, 4.69) is 0 Å². The minimum Gasteiger partial charge on any atom is -0.490 e. The molecular weight excluding hydrogens is 229 g/mol. The summed E-state index contributed by atoms with van der Waals surface area (Å²) in [7, 11) is 0. The van der Waals surface area contributed by atoms with Crippen molar-refractivity contribution in [3.8, 4) is 5.75 Å². The van der Waals surface area contributed by atoms with E-state index in [1.807, 2.05) is 6.07 Å². The number of ether oxygens (including phenoxy) is 1. The van der Waals surface area contributed by atoms with Gasteiger partial charge in [0.1, 0.15) is 11.6 Å². The molecule has 0 spiro atoms. The molecule has 1 fully saturated rings. The monoisotopic (exact) mass is 251 g/mol. The Kier molecular flexibility index (Phi) is 4.59. The number of hydrogen-bond donors (Lipinski definition) is 1. The van der Waals surface area contributed by atoms with Crippen LogP contribution in [0.15, 0.2) is 18.2 Å². The van der Waals surface area contributed by atoms with Crippen molar-refractivity contribution in [3.05, 3.63) is 29.6 Å². The lowest BCUT2D eigenvalue weighted by Crippen LogP contribution is -2.15. The first-order valence-corrected chi connectivity index (χ1v) is 6.88. The lowest BCUT2D eigenvalue weighted by molar-refractivity contribution is 0.183. The molecule has 1 aliphatic carbocycles. The molecule has 1 aliphatic rings. The van der Waals surface area contributed by atoms with E-state index in [9.17, 15) is 4.39 Å². The van der Waals surface area contributed by atoms with Crippen molar-refractivity contribution in [3.63, 3.8) is 0 Å². The maximum absolute atomic E-state index is 13.8. The minimum absolute atomic E-state index is 0.244. The fourth-order valence-electron chi connectivity index (χ4n) is 2.50. The summed E-state index contributed by atoms with van der Waals surface area (Å²) in [5.74, 6) is 0.361. The van der Waals surface area contributed by atoms with Gasteiger partial charge in [0.2, 0.25) is 0 Å². The van der Waals surface area contributed by atoms with Crippen LogP contribution in [0.1, 0.15) is 57.1 Å². The normalized spacial score (nSPS) is 19.3. The minimum atomic E-state index is -0.281. The standard InChI is InChI=1S/C15H22FNO/c1-11(17)14-9-8-13(10-15(14)16)18-12-6-4-2-3-5-7-12/h8-12H,2-7,17H2,1H3/t11-/m1/s1. The van der Waals surface area contributed by atoms with E-state index in [4.69, 9.17) is 10.5 Å². The first-order chi connectivity index (χ1) is 8.66. The third-order valence-corrected chi connectivity index (χ3v) is 3.57. The Morgan fingerprint density at radius 1 is 1.22 bits per heavy atom. The molecule has 0 aliphatic heterocycles. The van der Waals surface area contributed by atoms with Crippen LogP contribution in [0, 0.1) is 5.82 Å². The summed E-state index contributed by atoms with van der Waals surface area (Å²) in [6, 6.07) is 4.74. The molecule has 2 nitrogen and oxygen atoms in total. The summed E-state index contributed by atoms with van der Waals surface area (Å²) in [5, 5.41) is 0. The molecule has 100 valence electrons. The molecule has 0 amide bonds. The molecule has 0 unspecified atom stereocenters. The van der Waals surface area contributed by atoms with Gasteiger partial charge in [0.05, 0.1) is 6.10 Å². The van der Waals surface area contributed by atoms with Gasteiger partial charge < -0.3 is 10.5 Å². The van der Waals surface area contributed by atoms with E-state index in [0.29, 0.717) is 11.3 Å². The van der Waals surface area contributed by atoms with E-state index in [1.54, 1.807) is 13.0 Å². The van der Waals surface area contributed by atoms with Crippen LogP contribution in [0.25, 0.3) is 0 Å². The number of rotatable bonds is 3. The second kappa shape index (κ2) is 6.19. The van der Waals surface area contributed by atoms with Gasteiger partial charge in [-0.1, -0.05) is 18.9 Å². The largest absolute Gasteiger partial charge is 0.490 e. The summed E-state index contributed by atoms with van der Waals surface area (Å²) in [5.41, 5.74) is 6.23. The third kappa shape index (κ3) is 3.45. The summed E-state index contributed by atoms with van der Waals surface area (Å²) >= 11 is 0. The zero-order chi connectivity index (χ0) is 13.0. The maximum atomic E-state index is 13.8. The highest BCUT2D eigenvalue weighted by molar-refractivity contribution is 5.30. The molecule has 1 aromatic rings. The predicted molar refractivity (Wildman–Crippen MR) is 71.1 cm³/mol. The zero-order valence-corrected chi connectivity index (χ0v) is 11.0. The molecule has 2 N–H and O–H groups in total. The average Bonchev–Trinajstić information content (AvgIpc) is 2.57. The quantitative estimate of drug-likeness (QED) is 0.826. The van der Waals surface area contributed by atoms with Crippen LogP contribution >= 0.6 is 0 Å². The van der Waals surface area contributed by atoms with Crippen LogP contribution in [-0.4, -0.2) is 6.10 Å². The van der Waals surface area contributed by atoms with Crippen molar-refractivity contribution in [1.82, 2.24) is 0 Å².